The summed E-state index contributed by atoms with van der Waals surface area (Å²) in [6, 6.07) is 8.70. The van der Waals surface area contributed by atoms with Gasteiger partial charge in [0.05, 0.1) is 6.10 Å². The largest absolute Gasteiger partial charge is 0.382 e. The molecule has 2 unspecified atom stereocenters. The van der Waals surface area contributed by atoms with Crippen LogP contribution in [0.5, 0.6) is 0 Å². The Morgan fingerprint density at radius 3 is 2.63 bits per heavy atom. The molecule has 0 amide bonds. The van der Waals surface area contributed by atoms with Crippen molar-refractivity contribution in [1.82, 2.24) is 5.32 Å². The predicted molar refractivity (Wildman–Crippen MR) is 82.6 cm³/mol. The summed E-state index contributed by atoms with van der Waals surface area (Å²) in [5.74, 6) is 0.641. The smallest absolute Gasteiger partial charge is 0.0546 e. The van der Waals surface area contributed by atoms with E-state index in [1.54, 1.807) is 7.11 Å². The highest BCUT2D eigenvalue weighted by atomic mass is 16.5. The number of ether oxygens (including phenoxy) is 1. The molecule has 0 radical (unpaired) electrons. The van der Waals surface area contributed by atoms with E-state index in [9.17, 15) is 0 Å². The summed E-state index contributed by atoms with van der Waals surface area (Å²) in [6.45, 7) is 8.75. The van der Waals surface area contributed by atoms with E-state index >= 15 is 0 Å². The summed E-state index contributed by atoms with van der Waals surface area (Å²) < 4.78 is 5.43. The lowest BCUT2D eigenvalue weighted by Gasteiger charge is -2.21. The van der Waals surface area contributed by atoms with Gasteiger partial charge >= 0.3 is 0 Å². The Balaban J connectivity index is 2.59. The van der Waals surface area contributed by atoms with Crippen molar-refractivity contribution in [1.29, 1.82) is 0 Å². The average Bonchev–Trinajstić information content (AvgIpc) is 2.41. The summed E-state index contributed by atoms with van der Waals surface area (Å²) in [6.07, 6.45) is 3.77. The zero-order chi connectivity index (χ0) is 14.1. The topological polar surface area (TPSA) is 21.3 Å². The molecule has 108 valence electrons. The van der Waals surface area contributed by atoms with Gasteiger partial charge in [-0.3, -0.25) is 0 Å². The maximum atomic E-state index is 5.43. The highest BCUT2D eigenvalue weighted by Gasteiger charge is 2.14. The lowest BCUT2D eigenvalue weighted by atomic mass is 9.92. The van der Waals surface area contributed by atoms with Crippen LogP contribution in [-0.4, -0.2) is 26.3 Å². The van der Waals surface area contributed by atoms with Crippen molar-refractivity contribution in [2.75, 3.05) is 20.2 Å². The Kier molecular flexibility index (Phi) is 7.76. The van der Waals surface area contributed by atoms with Gasteiger partial charge in [0.1, 0.15) is 0 Å². The molecule has 0 aromatic heterocycles. The minimum atomic E-state index is 0.331. The number of nitrogens with one attached hydrogen (secondary N) is 1. The van der Waals surface area contributed by atoms with E-state index in [0.717, 1.165) is 25.9 Å². The third-order valence-corrected chi connectivity index (χ3v) is 3.70. The fourth-order valence-corrected chi connectivity index (χ4v) is 2.44. The second-order valence-corrected chi connectivity index (χ2v) is 5.48. The van der Waals surface area contributed by atoms with Crippen LogP contribution in [0.3, 0.4) is 0 Å². The maximum absolute atomic E-state index is 5.43. The van der Waals surface area contributed by atoms with Gasteiger partial charge in [0.2, 0.25) is 0 Å². The SMILES string of the molecule is CCCNCC(Cc1ccccc1C)CC(C)OC. The molecule has 0 bridgehead atoms. The fourth-order valence-electron chi connectivity index (χ4n) is 2.44. The van der Waals surface area contributed by atoms with Gasteiger partial charge in [-0.25, -0.2) is 0 Å². The molecule has 0 saturated heterocycles. The molecule has 0 heterocycles. The second kappa shape index (κ2) is 9.11. The molecule has 0 fully saturated rings. The first-order valence-electron chi connectivity index (χ1n) is 7.45. The molecule has 0 aliphatic heterocycles. The van der Waals surface area contributed by atoms with E-state index in [1.165, 1.54) is 17.5 Å². The number of benzene rings is 1. The van der Waals surface area contributed by atoms with Crippen molar-refractivity contribution in [3.63, 3.8) is 0 Å². The Hall–Kier alpha value is -0.860. The van der Waals surface area contributed by atoms with Gasteiger partial charge in [0.15, 0.2) is 0 Å². The first kappa shape index (κ1) is 16.2. The van der Waals surface area contributed by atoms with Gasteiger partial charge in [-0.1, -0.05) is 31.2 Å². The minimum Gasteiger partial charge on any atom is -0.382 e. The van der Waals surface area contributed by atoms with Crippen molar-refractivity contribution >= 4 is 0 Å². The Bertz CT molecular complexity index is 351. The Morgan fingerprint density at radius 1 is 1.26 bits per heavy atom. The van der Waals surface area contributed by atoms with E-state index in [1.807, 2.05) is 0 Å². The molecule has 1 aromatic rings. The number of hydrogen-bond acceptors (Lipinski definition) is 2. The molecule has 1 N–H and O–H groups in total. The van der Waals surface area contributed by atoms with Crippen LogP contribution in [0.25, 0.3) is 0 Å². The molecule has 19 heavy (non-hydrogen) atoms. The van der Waals surface area contributed by atoms with Gasteiger partial charge in [-0.05, 0) is 63.2 Å². The van der Waals surface area contributed by atoms with E-state index < -0.39 is 0 Å². The molecular formula is C17H29NO. The summed E-state index contributed by atoms with van der Waals surface area (Å²) in [7, 11) is 1.80. The van der Waals surface area contributed by atoms with Gasteiger partial charge in [-0.15, -0.1) is 0 Å². The van der Waals surface area contributed by atoms with Gasteiger partial charge < -0.3 is 10.1 Å². The number of aryl methyl sites for hydroxylation is 1. The van der Waals surface area contributed by atoms with E-state index in [-0.39, 0.29) is 0 Å². The third-order valence-electron chi connectivity index (χ3n) is 3.70. The Morgan fingerprint density at radius 2 is 2.00 bits per heavy atom. The van der Waals surface area contributed by atoms with Gasteiger partial charge in [0.25, 0.3) is 0 Å². The standard InChI is InChI=1S/C17H29NO/c1-5-10-18-13-16(11-15(3)19-4)12-17-9-7-6-8-14(17)2/h6-9,15-16,18H,5,10-13H2,1-4H3. The zero-order valence-corrected chi connectivity index (χ0v) is 12.9. The summed E-state index contributed by atoms with van der Waals surface area (Å²) >= 11 is 0. The molecule has 0 saturated carbocycles. The quantitative estimate of drug-likeness (QED) is 0.688. The van der Waals surface area contributed by atoms with Gasteiger partial charge in [-0.2, -0.15) is 0 Å². The average molecular weight is 263 g/mol. The third kappa shape index (κ3) is 6.22. The minimum absolute atomic E-state index is 0.331. The zero-order valence-electron chi connectivity index (χ0n) is 12.9. The predicted octanol–water partition coefficient (Wildman–Crippen LogP) is 3.58. The number of rotatable bonds is 9. The fraction of sp³-hybridized carbons (Fsp3) is 0.647. The molecule has 2 heteroatoms. The van der Waals surface area contributed by atoms with Gasteiger partial charge in [0, 0.05) is 7.11 Å². The normalized spacial score (nSPS) is 14.3. The molecule has 0 aliphatic rings. The van der Waals surface area contributed by atoms with E-state index in [2.05, 4.69) is 50.4 Å². The monoisotopic (exact) mass is 263 g/mol. The summed E-state index contributed by atoms with van der Waals surface area (Å²) in [5.41, 5.74) is 2.86. The highest BCUT2D eigenvalue weighted by Crippen LogP contribution is 2.17. The van der Waals surface area contributed by atoms with E-state index in [4.69, 9.17) is 4.74 Å². The van der Waals surface area contributed by atoms with Crippen LogP contribution in [0, 0.1) is 12.8 Å². The van der Waals surface area contributed by atoms with Crippen LogP contribution in [0.4, 0.5) is 0 Å². The first-order chi connectivity index (χ1) is 9.17. The molecule has 2 atom stereocenters. The molecule has 0 spiro atoms. The van der Waals surface area contributed by atoms with Crippen LogP contribution in [0.1, 0.15) is 37.8 Å². The van der Waals surface area contributed by atoms with Crippen molar-refractivity contribution in [2.24, 2.45) is 5.92 Å². The maximum Gasteiger partial charge on any atom is 0.0546 e. The summed E-state index contributed by atoms with van der Waals surface area (Å²) in [5, 5.41) is 3.55. The molecular weight excluding hydrogens is 234 g/mol. The molecule has 1 aromatic carbocycles. The molecule has 0 aliphatic carbocycles. The van der Waals surface area contributed by atoms with E-state index in [0.29, 0.717) is 12.0 Å². The lowest BCUT2D eigenvalue weighted by molar-refractivity contribution is 0.0946. The van der Waals surface area contributed by atoms with Crippen LogP contribution >= 0.6 is 0 Å². The van der Waals surface area contributed by atoms with Crippen molar-refractivity contribution < 1.29 is 4.74 Å². The van der Waals surface area contributed by atoms with Crippen molar-refractivity contribution in [2.45, 2.75) is 46.1 Å². The van der Waals surface area contributed by atoms with Crippen LogP contribution in [0.15, 0.2) is 24.3 Å². The number of methoxy groups -OCH3 is 1. The molecule has 2 nitrogen and oxygen atoms in total. The summed E-state index contributed by atoms with van der Waals surface area (Å²) in [4.78, 5) is 0. The lowest BCUT2D eigenvalue weighted by Crippen LogP contribution is -2.28. The molecule has 1 rings (SSSR count). The van der Waals surface area contributed by atoms with Crippen LogP contribution < -0.4 is 5.32 Å². The van der Waals surface area contributed by atoms with Crippen molar-refractivity contribution in [3.05, 3.63) is 35.4 Å². The number of hydrogen-bond donors (Lipinski definition) is 1. The van der Waals surface area contributed by atoms with Crippen LogP contribution in [-0.2, 0) is 11.2 Å². The first-order valence-corrected chi connectivity index (χ1v) is 7.45. The second-order valence-electron chi connectivity index (χ2n) is 5.48. The van der Waals surface area contributed by atoms with Crippen molar-refractivity contribution in [3.8, 4) is 0 Å². The highest BCUT2D eigenvalue weighted by molar-refractivity contribution is 5.26. The Labute approximate surface area is 118 Å². The van der Waals surface area contributed by atoms with Crippen LogP contribution in [0.2, 0.25) is 0 Å².